The molecule has 7 nitrogen and oxygen atoms in total. The van der Waals surface area contributed by atoms with Crippen molar-refractivity contribution in [3.8, 4) is 11.5 Å². The van der Waals surface area contributed by atoms with Crippen molar-refractivity contribution < 1.29 is 24.2 Å². The average molecular weight is 479 g/mol. The van der Waals surface area contributed by atoms with E-state index in [0.717, 1.165) is 0 Å². The van der Waals surface area contributed by atoms with E-state index in [2.05, 4.69) is 0 Å². The SMILES string of the molecule is COc1ccccc1C1/C(=C(\O)c2cc(Cl)c(OC)c(Cl)c2)C(=O)C(=O)N1CCN(C)C. The van der Waals surface area contributed by atoms with Crippen LogP contribution in [-0.2, 0) is 9.59 Å². The minimum absolute atomic E-state index is 0.0597. The molecule has 1 N–H and O–H groups in total. The predicted molar refractivity (Wildman–Crippen MR) is 124 cm³/mol. The minimum atomic E-state index is -0.842. The quantitative estimate of drug-likeness (QED) is 0.368. The van der Waals surface area contributed by atoms with Crippen molar-refractivity contribution in [1.29, 1.82) is 0 Å². The zero-order valence-electron chi connectivity index (χ0n) is 18.2. The molecule has 1 unspecified atom stereocenters. The standard InChI is InChI=1S/C23H24Cl2N2O5/c1-26(2)9-10-27-19(14-7-5-6-8-17(14)31-3)18(21(29)23(27)30)20(28)13-11-15(24)22(32-4)16(25)12-13/h5-8,11-12,19,28H,9-10H2,1-4H3/b20-18+. The molecular weight excluding hydrogens is 455 g/mol. The van der Waals surface area contributed by atoms with Crippen molar-refractivity contribution >= 4 is 40.7 Å². The summed E-state index contributed by atoms with van der Waals surface area (Å²) < 4.78 is 10.6. The molecule has 0 radical (unpaired) electrons. The number of likely N-dealkylation sites (tertiary alicyclic amines) is 1. The molecular formula is C23H24Cl2N2O5. The van der Waals surface area contributed by atoms with Gasteiger partial charge in [0.15, 0.2) is 5.75 Å². The van der Waals surface area contributed by atoms with Crippen LogP contribution in [0.2, 0.25) is 10.0 Å². The van der Waals surface area contributed by atoms with Gasteiger partial charge in [0.05, 0.1) is 35.9 Å². The fraction of sp³-hybridized carbons (Fsp3) is 0.304. The summed E-state index contributed by atoms with van der Waals surface area (Å²) in [6.07, 6.45) is 0. The molecule has 0 saturated carbocycles. The Balaban J connectivity index is 2.23. The summed E-state index contributed by atoms with van der Waals surface area (Å²) in [7, 11) is 6.67. The number of nitrogens with zero attached hydrogens (tertiary/aromatic N) is 2. The summed E-state index contributed by atoms with van der Waals surface area (Å²) in [4.78, 5) is 29.4. The highest BCUT2D eigenvalue weighted by molar-refractivity contribution is 6.46. The number of carbonyl (C=O) groups is 2. The van der Waals surface area contributed by atoms with Gasteiger partial charge >= 0.3 is 0 Å². The maximum Gasteiger partial charge on any atom is 0.295 e. The molecule has 170 valence electrons. The van der Waals surface area contributed by atoms with Gasteiger partial charge in [0.1, 0.15) is 11.5 Å². The van der Waals surface area contributed by atoms with Gasteiger partial charge in [-0.25, -0.2) is 0 Å². The number of Topliss-reactive ketones (excluding diaryl/α,β-unsaturated/α-hetero) is 1. The highest BCUT2D eigenvalue weighted by Gasteiger charge is 2.46. The van der Waals surface area contributed by atoms with Crippen molar-refractivity contribution in [1.82, 2.24) is 9.80 Å². The van der Waals surface area contributed by atoms with Crippen LogP contribution in [0.1, 0.15) is 17.2 Å². The molecule has 0 aliphatic carbocycles. The number of methoxy groups -OCH3 is 2. The monoisotopic (exact) mass is 478 g/mol. The Bertz CT molecular complexity index is 1060. The normalized spacial score (nSPS) is 17.8. The van der Waals surface area contributed by atoms with E-state index in [0.29, 0.717) is 17.9 Å². The van der Waals surface area contributed by atoms with Gasteiger partial charge in [0, 0.05) is 24.2 Å². The minimum Gasteiger partial charge on any atom is -0.507 e. The number of amides is 1. The molecule has 1 fully saturated rings. The molecule has 32 heavy (non-hydrogen) atoms. The van der Waals surface area contributed by atoms with Gasteiger partial charge < -0.3 is 24.4 Å². The Morgan fingerprint density at radius 1 is 1.09 bits per heavy atom. The summed E-state index contributed by atoms with van der Waals surface area (Å²) in [6.45, 7) is 0.806. The lowest BCUT2D eigenvalue weighted by Gasteiger charge is -2.27. The van der Waals surface area contributed by atoms with Gasteiger partial charge in [0.2, 0.25) is 0 Å². The number of ether oxygens (including phenoxy) is 2. The average Bonchev–Trinajstić information content (AvgIpc) is 3.01. The first-order valence-corrected chi connectivity index (χ1v) is 10.6. The first-order valence-electron chi connectivity index (χ1n) is 9.80. The van der Waals surface area contributed by atoms with Crippen LogP contribution in [0.25, 0.3) is 5.76 Å². The van der Waals surface area contributed by atoms with Crippen LogP contribution >= 0.6 is 23.2 Å². The van der Waals surface area contributed by atoms with E-state index < -0.39 is 17.7 Å². The van der Waals surface area contributed by atoms with Gasteiger partial charge in [-0.15, -0.1) is 0 Å². The fourth-order valence-corrected chi connectivity index (χ4v) is 4.32. The highest BCUT2D eigenvalue weighted by Crippen LogP contribution is 2.44. The number of para-hydroxylation sites is 1. The first kappa shape index (κ1) is 23.9. The number of aliphatic hydroxyl groups is 1. The van der Waals surface area contributed by atoms with Crippen LogP contribution in [-0.4, -0.2) is 68.0 Å². The Morgan fingerprint density at radius 2 is 1.72 bits per heavy atom. The lowest BCUT2D eigenvalue weighted by molar-refractivity contribution is -0.140. The largest absolute Gasteiger partial charge is 0.507 e. The van der Waals surface area contributed by atoms with Crippen molar-refractivity contribution in [3.05, 3.63) is 63.1 Å². The lowest BCUT2D eigenvalue weighted by Crippen LogP contribution is -2.35. The third-order valence-corrected chi connectivity index (χ3v) is 5.80. The summed E-state index contributed by atoms with van der Waals surface area (Å²) in [5.74, 6) is -1.13. The van der Waals surface area contributed by atoms with E-state index in [1.54, 1.807) is 24.3 Å². The summed E-state index contributed by atoms with van der Waals surface area (Å²) in [5.41, 5.74) is 0.724. The van der Waals surface area contributed by atoms with Crippen LogP contribution in [0, 0.1) is 0 Å². The third kappa shape index (κ3) is 4.41. The zero-order valence-corrected chi connectivity index (χ0v) is 19.7. The molecule has 1 heterocycles. The fourth-order valence-electron chi connectivity index (χ4n) is 3.68. The molecule has 1 saturated heterocycles. The highest BCUT2D eigenvalue weighted by atomic mass is 35.5. The number of halogens is 2. The van der Waals surface area contributed by atoms with E-state index in [1.165, 1.54) is 31.3 Å². The Labute approximate surface area is 196 Å². The van der Waals surface area contributed by atoms with Gasteiger partial charge in [-0.3, -0.25) is 9.59 Å². The lowest BCUT2D eigenvalue weighted by atomic mass is 9.94. The van der Waals surface area contributed by atoms with E-state index >= 15 is 0 Å². The van der Waals surface area contributed by atoms with E-state index in [-0.39, 0.29) is 39.2 Å². The number of hydrogen-bond donors (Lipinski definition) is 1. The smallest absolute Gasteiger partial charge is 0.295 e. The topological polar surface area (TPSA) is 79.3 Å². The molecule has 1 aliphatic heterocycles. The first-order chi connectivity index (χ1) is 15.2. The van der Waals surface area contributed by atoms with E-state index in [9.17, 15) is 14.7 Å². The number of likely N-dealkylation sites (N-methyl/N-ethyl adjacent to an activating group) is 1. The third-order valence-electron chi connectivity index (χ3n) is 5.24. The van der Waals surface area contributed by atoms with Crippen molar-refractivity contribution in [3.63, 3.8) is 0 Å². The van der Waals surface area contributed by atoms with Crippen LogP contribution in [0.5, 0.6) is 11.5 Å². The van der Waals surface area contributed by atoms with Crippen LogP contribution in [0.15, 0.2) is 42.0 Å². The predicted octanol–water partition coefficient (Wildman–Crippen LogP) is 3.99. The molecule has 0 bridgehead atoms. The maximum absolute atomic E-state index is 13.1. The van der Waals surface area contributed by atoms with Gasteiger partial charge in [-0.1, -0.05) is 41.4 Å². The second kappa shape index (κ2) is 9.81. The maximum atomic E-state index is 13.1. The van der Waals surface area contributed by atoms with E-state index in [4.69, 9.17) is 32.7 Å². The van der Waals surface area contributed by atoms with Gasteiger partial charge in [-0.05, 0) is 32.3 Å². The number of ketones is 1. The molecule has 1 aliphatic rings. The van der Waals surface area contributed by atoms with Crippen LogP contribution < -0.4 is 9.47 Å². The molecule has 0 spiro atoms. The summed E-state index contributed by atoms with van der Waals surface area (Å²) >= 11 is 12.5. The Hall–Kier alpha value is -2.74. The Kier molecular flexibility index (Phi) is 7.33. The molecule has 1 amide bonds. The molecule has 2 aromatic carbocycles. The summed E-state index contributed by atoms with van der Waals surface area (Å²) in [6, 6.07) is 9.11. The molecule has 9 heteroatoms. The molecule has 0 aromatic heterocycles. The number of carbonyl (C=O) groups excluding carboxylic acids is 2. The molecule has 1 atom stereocenters. The van der Waals surface area contributed by atoms with Crippen LogP contribution in [0.4, 0.5) is 0 Å². The second-order valence-electron chi connectivity index (χ2n) is 7.51. The number of benzene rings is 2. The number of aliphatic hydroxyl groups excluding tert-OH is 1. The summed E-state index contributed by atoms with van der Waals surface area (Å²) in [5, 5.41) is 11.5. The zero-order chi connectivity index (χ0) is 23.6. The van der Waals surface area contributed by atoms with Gasteiger partial charge in [-0.2, -0.15) is 0 Å². The van der Waals surface area contributed by atoms with E-state index in [1.807, 2.05) is 19.0 Å². The number of hydrogen-bond acceptors (Lipinski definition) is 6. The molecule has 3 rings (SSSR count). The second-order valence-corrected chi connectivity index (χ2v) is 8.33. The Morgan fingerprint density at radius 3 is 2.28 bits per heavy atom. The van der Waals surface area contributed by atoms with Gasteiger partial charge in [0.25, 0.3) is 11.7 Å². The van der Waals surface area contributed by atoms with Crippen molar-refractivity contribution in [2.24, 2.45) is 0 Å². The number of rotatable bonds is 7. The van der Waals surface area contributed by atoms with Crippen molar-refractivity contribution in [2.75, 3.05) is 41.4 Å². The van der Waals surface area contributed by atoms with Crippen LogP contribution in [0.3, 0.4) is 0 Å². The molecule has 2 aromatic rings. The van der Waals surface area contributed by atoms with Crippen molar-refractivity contribution in [2.45, 2.75) is 6.04 Å².